The van der Waals surface area contributed by atoms with E-state index in [9.17, 15) is 14.2 Å². The first-order valence-electron chi connectivity index (χ1n) is 3.98. The molecule has 9 nitrogen and oxygen atoms in total. The van der Waals surface area contributed by atoms with E-state index in [2.05, 4.69) is 0 Å². The standard InChI is InChI=1S/C3H8NO5P.C3H7NO2/c4-2(3(5)6)1-10(7,8)9;1-2(4)3(5)6/h2H,1,4H2,(H,5,6)(H2,7,8,9);2H,4H2,1H3,(H,5,6)/t2*2-/m11/s1. The summed E-state index contributed by atoms with van der Waals surface area (Å²) in [6, 6.07) is -2.22. The molecule has 8 N–H and O–H groups in total. The monoisotopic (exact) mass is 258 g/mol. The Morgan fingerprint density at radius 1 is 1.19 bits per heavy atom. The van der Waals surface area contributed by atoms with Crippen LogP contribution < -0.4 is 11.5 Å². The molecule has 0 aromatic carbocycles. The van der Waals surface area contributed by atoms with E-state index in [4.69, 9.17) is 31.5 Å². The van der Waals surface area contributed by atoms with Crippen molar-refractivity contribution in [3.05, 3.63) is 0 Å². The highest BCUT2D eigenvalue weighted by atomic mass is 31.2. The molecule has 0 bridgehead atoms. The van der Waals surface area contributed by atoms with E-state index in [1.807, 2.05) is 0 Å². The maximum absolute atomic E-state index is 10.1. The Hall–Kier alpha value is -0.990. The van der Waals surface area contributed by atoms with E-state index in [-0.39, 0.29) is 0 Å². The van der Waals surface area contributed by atoms with E-state index < -0.39 is 37.8 Å². The van der Waals surface area contributed by atoms with E-state index in [0.717, 1.165) is 0 Å². The minimum Gasteiger partial charge on any atom is -0.480 e. The van der Waals surface area contributed by atoms with Crippen LogP contribution >= 0.6 is 7.60 Å². The van der Waals surface area contributed by atoms with Crippen molar-refractivity contribution in [3.63, 3.8) is 0 Å². The van der Waals surface area contributed by atoms with Gasteiger partial charge in [0.1, 0.15) is 12.1 Å². The molecule has 0 spiro atoms. The van der Waals surface area contributed by atoms with Crippen LogP contribution in [0.5, 0.6) is 0 Å². The van der Waals surface area contributed by atoms with Crippen LogP contribution in [0.3, 0.4) is 0 Å². The van der Waals surface area contributed by atoms with Gasteiger partial charge in [0.05, 0.1) is 6.16 Å². The van der Waals surface area contributed by atoms with Crippen LogP contribution in [-0.2, 0) is 14.2 Å². The molecule has 10 heteroatoms. The molecule has 0 fully saturated rings. The van der Waals surface area contributed by atoms with Crippen molar-refractivity contribution in [1.82, 2.24) is 0 Å². The Balaban J connectivity index is 0. The summed E-state index contributed by atoms with van der Waals surface area (Å²) < 4.78 is 10.1. The molecule has 2 atom stereocenters. The van der Waals surface area contributed by atoms with Gasteiger partial charge >= 0.3 is 19.5 Å². The molecule has 0 aliphatic heterocycles. The van der Waals surface area contributed by atoms with Gasteiger partial charge in [-0.1, -0.05) is 0 Å². The van der Waals surface area contributed by atoms with Crippen molar-refractivity contribution in [1.29, 1.82) is 0 Å². The molecule has 0 amide bonds. The van der Waals surface area contributed by atoms with Crippen LogP contribution in [0.1, 0.15) is 6.92 Å². The molecule has 16 heavy (non-hydrogen) atoms. The van der Waals surface area contributed by atoms with Gasteiger partial charge in [0.25, 0.3) is 0 Å². The quantitative estimate of drug-likeness (QED) is 0.310. The fraction of sp³-hybridized carbons (Fsp3) is 0.667. The fourth-order valence-electron chi connectivity index (χ4n) is 0.334. The lowest BCUT2D eigenvalue weighted by Gasteiger charge is -2.06. The molecular formula is C6H15N2O7P. The second-order valence-electron chi connectivity index (χ2n) is 2.92. The topological polar surface area (TPSA) is 184 Å². The van der Waals surface area contributed by atoms with Crippen molar-refractivity contribution in [2.45, 2.75) is 19.0 Å². The number of rotatable bonds is 4. The molecule has 0 rings (SSSR count). The lowest BCUT2D eigenvalue weighted by molar-refractivity contribution is -0.139. The minimum absolute atomic E-state index is 0.731. The average molecular weight is 258 g/mol. The summed E-state index contributed by atoms with van der Waals surface area (Å²) in [7, 11) is -4.28. The van der Waals surface area contributed by atoms with Crippen LogP contribution in [-0.4, -0.2) is 50.2 Å². The Bertz CT molecular complexity index is 287. The number of carboxylic acids is 2. The van der Waals surface area contributed by atoms with Gasteiger partial charge in [-0.3, -0.25) is 14.2 Å². The number of hydrogen-bond acceptors (Lipinski definition) is 5. The van der Waals surface area contributed by atoms with Crippen molar-refractivity contribution >= 4 is 19.5 Å². The highest BCUT2D eigenvalue weighted by Gasteiger charge is 2.23. The van der Waals surface area contributed by atoms with E-state index in [1.54, 1.807) is 0 Å². The normalized spacial score (nSPS) is 14.3. The fourth-order valence-corrected chi connectivity index (χ4v) is 1.00. The molecule has 0 aromatic heterocycles. The predicted molar refractivity (Wildman–Crippen MR) is 53.8 cm³/mol. The largest absolute Gasteiger partial charge is 0.480 e. The second-order valence-corrected chi connectivity index (χ2v) is 4.61. The van der Waals surface area contributed by atoms with Crippen LogP contribution in [0.2, 0.25) is 0 Å². The smallest absolute Gasteiger partial charge is 0.327 e. The van der Waals surface area contributed by atoms with Gasteiger partial charge in [-0.2, -0.15) is 0 Å². The van der Waals surface area contributed by atoms with Gasteiger partial charge < -0.3 is 31.5 Å². The van der Waals surface area contributed by atoms with Crippen molar-refractivity contribution in [2.75, 3.05) is 6.16 Å². The van der Waals surface area contributed by atoms with E-state index in [1.165, 1.54) is 6.92 Å². The maximum atomic E-state index is 10.1. The van der Waals surface area contributed by atoms with Crippen LogP contribution in [0.15, 0.2) is 0 Å². The Morgan fingerprint density at radius 2 is 1.50 bits per heavy atom. The number of carboxylic acid groups (broad SMARTS) is 2. The summed E-state index contributed by atoms with van der Waals surface area (Å²) in [4.78, 5) is 35.9. The molecule has 0 unspecified atom stereocenters. The highest BCUT2D eigenvalue weighted by Crippen LogP contribution is 2.34. The molecule has 96 valence electrons. The van der Waals surface area contributed by atoms with Crippen molar-refractivity contribution in [3.8, 4) is 0 Å². The third kappa shape index (κ3) is 13.0. The number of carbonyl (C=O) groups is 2. The lowest BCUT2D eigenvalue weighted by atomic mass is 10.4. The van der Waals surface area contributed by atoms with Crippen molar-refractivity contribution in [2.24, 2.45) is 11.5 Å². The Morgan fingerprint density at radius 3 is 1.56 bits per heavy atom. The SMILES string of the molecule is C[C@@H](N)C(=O)O.N[C@H](CP(=O)(O)O)C(=O)O. The third-order valence-corrected chi connectivity index (χ3v) is 2.01. The molecule has 0 aromatic rings. The minimum atomic E-state index is -4.28. The van der Waals surface area contributed by atoms with Gasteiger partial charge in [-0.05, 0) is 6.92 Å². The Kier molecular flexibility index (Phi) is 7.95. The average Bonchev–Trinajstić information content (AvgIpc) is 2.01. The highest BCUT2D eigenvalue weighted by molar-refractivity contribution is 7.51. The molecular weight excluding hydrogens is 243 g/mol. The van der Waals surface area contributed by atoms with Gasteiger partial charge in [-0.15, -0.1) is 0 Å². The van der Waals surface area contributed by atoms with Gasteiger partial charge in [0.2, 0.25) is 0 Å². The van der Waals surface area contributed by atoms with Crippen molar-refractivity contribution < 1.29 is 34.2 Å². The number of aliphatic carboxylic acids is 2. The molecule has 0 radical (unpaired) electrons. The summed E-state index contributed by atoms with van der Waals surface area (Å²) in [5, 5.41) is 15.9. The lowest BCUT2D eigenvalue weighted by Crippen LogP contribution is -2.33. The molecule has 0 saturated carbocycles. The zero-order valence-electron chi connectivity index (χ0n) is 8.48. The summed E-state index contributed by atoms with van der Waals surface area (Å²) in [5.74, 6) is -2.38. The molecule has 0 heterocycles. The first-order chi connectivity index (χ1) is 6.97. The predicted octanol–water partition coefficient (Wildman–Crippen LogP) is -2.01. The van der Waals surface area contributed by atoms with Gasteiger partial charge in [0.15, 0.2) is 0 Å². The zero-order chi connectivity index (χ0) is 13.5. The third-order valence-electron chi connectivity index (χ3n) is 1.14. The summed E-state index contributed by atoms with van der Waals surface area (Å²) in [5.41, 5.74) is 9.65. The first kappa shape index (κ1) is 17.4. The van der Waals surface area contributed by atoms with Crippen LogP contribution in [0, 0.1) is 0 Å². The summed E-state index contributed by atoms with van der Waals surface area (Å²) in [6.45, 7) is 1.42. The van der Waals surface area contributed by atoms with Gasteiger partial charge in [-0.25, -0.2) is 0 Å². The number of hydrogen-bond donors (Lipinski definition) is 6. The molecule has 0 saturated heterocycles. The summed E-state index contributed by atoms with van der Waals surface area (Å²) in [6.07, 6.45) is -0.817. The first-order valence-corrected chi connectivity index (χ1v) is 5.78. The maximum Gasteiger partial charge on any atom is 0.327 e. The number of nitrogens with two attached hydrogens (primary N) is 2. The summed E-state index contributed by atoms with van der Waals surface area (Å²) >= 11 is 0. The van der Waals surface area contributed by atoms with Crippen LogP contribution in [0.25, 0.3) is 0 Å². The van der Waals surface area contributed by atoms with E-state index >= 15 is 0 Å². The molecule has 0 aliphatic carbocycles. The molecule has 0 aliphatic rings. The Labute approximate surface area is 91.2 Å². The zero-order valence-corrected chi connectivity index (χ0v) is 9.37. The van der Waals surface area contributed by atoms with Gasteiger partial charge in [0, 0.05) is 0 Å². The van der Waals surface area contributed by atoms with E-state index in [0.29, 0.717) is 0 Å². The van der Waals surface area contributed by atoms with Crippen LogP contribution in [0.4, 0.5) is 0 Å². The second kappa shape index (κ2) is 7.31.